The molecule has 2 nitrogen and oxygen atoms in total. The second-order valence-electron chi connectivity index (χ2n) is 6.24. The molecule has 1 saturated carbocycles. The summed E-state index contributed by atoms with van der Waals surface area (Å²) >= 11 is 1.78. The van der Waals surface area contributed by atoms with Gasteiger partial charge in [0, 0.05) is 17.8 Å². The van der Waals surface area contributed by atoms with Crippen molar-refractivity contribution in [1.82, 2.24) is 10.3 Å². The predicted octanol–water partition coefficient (Wildman–Crippen LogP) is 4.58. The van der Waals surface area contributed by atoms with Crippen LogP contribution in [0.3, 0.4) is 0 Å². The van der Waals surface area contributed by atoms with Crippen LogP contribution in [0.1, 0.15) is 63.1 Å². The fourth-order valence-corrected chi connectivity index (χ4v) is 4.33. The fourth-order valence-electron chi connectivity index (χ4n) is 3.70. The van der Waals surface area contributed by atoms with E-state index in [1.807, 2.05) is 0 Å². The third kappa shape index (κ3) is 4.29. The van der Waals surface area contributed by atoms with Gasteiger partial charge in [0.25, 0.3) is 0 Å². The van der Waals surface area contributed by atoms with E-state index in [2.05, 4.69) is 36.5 Å². The highest BCUT2D eigenvalue weighted by Gasteiger charge is 2.30. The third-order valence-electron chi connectivity index (χ3n) is 4.76. The monoisotopic (exact) mass is 294 g/mol. The van der Waals surface area contributed by atoms with Crippen molar-refractivity contribution >= 4 is 11.3 Å². The summed E-state index contributed by atoms with van der Waals surface area (Å²) in [4.78, 5) is 4.68. The highest BCUT2D eigenvalue weighted by Crippen LogP contribution is 2.35. The molecule has 1 aromatic rings. The van der Waals surface area contributed by atoms with Gasteiger partial charge in [-0.25, -0.2) is 4.98 Å². The van der Waals surface area contributed by atoms with Crippen molar-refractivity contribution in [2.45, 2.75) is 71.8 Å². The molecule has 0 amide bonds. The minimum atomic E-state index is 0.627. The normalized spacial score (nSPS) is 24.8. The van der Waals surface area contributed by atoms with Gasteiger partial charge in [-0.1, -0.05) is 39.5 Å². The molecular weight excluding hydrogens is 264 g/mol. The standard InChI is InChI=1S/C17H30N2S/c1-4-10-18-17(11-15-12-20-13(3)19-15)16-9-7-6-8-14(16)5-2/h12,14,16-18H,4-11H2,1-3H3. The smallest absolute Gasteiger partial charge is 0.0897 e. The molecule has 1 aromatic heterocycles. The van der Waals surface area contributed by atoms with Crippen LogP contribution in [0.5, 0.6) is 0 Å². The highest BCUT2D eigenvalue weighted by molar-refractivity contribution is 7.09. The average Bonchev–Trinajstić information content (AvgIpc) is 2.88. The van der Waals surface area contributed by atoms with Gasteiger partial charge in [-0.05, 0) is 38.1 Å². The Labute approximate surface area is 128 Å². The van der Waals surface area contributed by atoms with Crippen LogP contribution in [-0.4, -0.2) is 17.6 Å². The molecule has 0 saturated heterocycles. The van der Waals surface area contributed by atoms with Gasteiger partial charge in [0.1, 0.15) is 0 Å². The summed E-state index contributed by atoms with van der Waals surface area (Å²) in [5, 5.41) is 7.27. The highest BCUT2D eigenvalue weighted by atomic mass is 32.1. The van der Waals surface area contributed by atoms with Crippen molar-refractivity contribution < 1.29 is 0 Å². The fraction of sp³-hybridized carbons (Fsp3) is 0.824. The van der Waals surface area contributed by atoms with E-state index in [1.54, 1.807) is 11.3 Å². The van der Waals surface area contributed by atoms with Crippen molar-refractivity contribution in [2.75, 3.05) is 6.54 Å². The Balaban J connectivity index is 2.04. The second-order valence-corrected chi connectivity index (χ2v) is 7.30. The van der Waals surface area contributed by atoms with E-state index < -0.39 is 0 Å². The van der Waals surface area contributed by atoms with Crippen molar-refractivity contribution in [3.05, 3.63) is 16.1 Å². The number of aryl methyl sites for hydroxylation is 1. The molecule has 1 N–H and O–H groups in total. The first-order valence-corrected chi connectivity index (χ1v) is 9.27. The summed E-state index contributed by atoms with van der Waals surface area (Å²) in [6, 6.07) is 0.627. The van der Waals surface area contributed by atoms with Crippen LogP contribution in [-0.2, 0) is 6.42 Å². The number of hydrogen-bond donors (Lipinski definition) is 1. The number of nitrogens with zero attached hydrogens (tertiary/aromatic N) is 1. The Morgan fingerprint density at radius 3 is 2.80 bits per heavy atom. The zero-order chi connectivity index (χ0) is 14.4. The topological polar surface area (TPSA) is 24.9 Å². The summed E-state index contributed by atoms with van der Waals surface area (Å²) in [5.41, 5.74) is 1.29. The van der Waals surface area contributed by atoms with Gasteiger partial charge >= 0.3 is 0 Å². The van der Waals surface area contributed by atoms with Gasteiger partial charge in [-0.2, -0.15) is 0 Å². The van der Waals surface area contributed by atoms with Gasteiger partial charge in [0.05, 0.1) is 10.7 Å². The van der Waals surface area contributed by atoms with E-state index in [9.17, 15) is 0 Å². The minimum absolute atomic E-state index is 0.627. The number of thiazole rings is 1. The molecule has 0 bridgehead atoms. The maximum atomic E-state index is 4.68. The van der Waals surface area contributed by atoms with E-state index in [0.29, 0.717) is 6.04 Å². The summed E-state index contributed by atoms with van der Waals surface area (Å²) in [7, 11) is 0. The molecule has 1 heterocycles. The SMILES string of the molecule is CCCNC(Cc1csc(C)n1)C1CCCCC1CC. The van der Waals surface area contributed by atoms with Gasteiger partial charge in [-0.15, -0.1) is 11.3 Å². The Kier molecular flexibility index (Phi) is 6.50. The van der Waals surface area contributed by atoms with E-state index >= 15 is 0 Å². The minimum Gasteiger partial charge on any atom is -0.313 e. The van der Waals surface area contributed by atoms with Crippen molar-refractivity contribution in [3.8, 4) is 0 Å². The molecule has 3 unspecified atom stereocenters. The van der Waals surface area contributed by atoms with Gasteiger partial charge in [0.2, 0.25) is 0 Å². The molecule has 114 valence electrons. The van der Waals surface area contributed by atoms with E-state index in [-0.39, 0.29) is 0 Å². The van der Waals surface area contributed by atoms with Crippen molar-refractivity contribution in [1.29, 1.82) is 0 Å². The van der Waals surface area contributed by atoms with Crippen LogP contribution >= 0.6 is 11.3 Å². The maximum absolute atomic E-state index is 4.68. The van der Waals surface area contributed by atoms with E-state index in [4.69, 9.17) is 0 Å². The molecule has 0 spiro atoms. The molecule has 1 aliphatic carbocycles. The first kappa shape index (κ1) is 16.0. The molecule has 3 heteroatoms. The summed E-state index contributed by atoms with van der Waals surface area (Å²) < 4.78 is 0. The first-order valence-electron chi connectivity index (χ1n) is 8.39. The number of nitrogens with one attached hydrogen (secondary N) is 1. The summed E-state index contributed by atoms with van der Waals surface area (Å²) in [5.74, 6) is 1.76. The quantitative estimate of drug-likeness (QED) is 0.796. The summed E-state index contributed by atoms with van der Waals surface area (Å²) in [6.07, 6.45) is 9.37. The molecule has 0 aromatic carbocycles. The lowest BCUT2D eigenvalue weighted by atomic mass is 9.73. The predicted molar refractivity (Wildman–Crippen MR) is 88.4 cm³/mol. The van der Waals surface area contributed by atoms with Crippen LogP contribution < -0.4 is 5.32 Å². The first-order chi connectivity index (χ1) is 9.74. The van der Waals surface area contributed by atoms with Crippen LogP contribution in [0.4, 0.5) is 0 Å². The number of rotatable bonds is 7. The number of aromatic nitrogens is 1. The van der Waals surface area contributed by atoms with Crippen LogP contribution in [0.2, 0.25) is 0 Å². The molecule has 1 fully saturated rings. The lowest BCUT2D eigenvalue weighted by Gasteiger charge is -2.37. The Bertz CT molecular complexity index is 388. The summed E-state index contributed by atoms with van der Waals surface area (Å²) in [6.45, 7) is 7.88. The van der Waals surface area contributed by atoms with Crippen molar-refractivity contribution in [3.63, 3.8) is 0 Å². The molecule has 3 atom stereocenters. The lowest BCUT2D eigenvalue weighted by molar-refractivity contribution is 0.173. The van der Waals surface area contributed by atoms with Gasteiger partial charge in [-0.3, -0.25) is 0 Å². The maximum Gasteiger partial charge on any atom is 0.0897 e. The number of hydrogen-bond acceptors (Lipinski definition) is 3. The van der Waals surface area contributed by atoms with Gasteiger partial charge in [0.15, 0.2) is 0 Å². The third-order valence-corrected chi connectivity index (χ3v) is 5.58. The molecule has 0 radical (unpaired) electrons. The zero-order valence-corrected chi connectivity index (χ0v) is 14.1. The molecule has 20 heavy (non-hydrogen) atoms. The average molecular weight is 295 g/mol. The van der Waals surface area contributed by atoms with Crippen LogP contribution in [0.25, 0.3) is 0 Å². The van der Waals surface area contributed by atoms with E-state index in [0.717, 1.165) is 24.8 Å². The van der Waals surface area contributed by atoms with Crippen molar-refractivity contribution in [2.24, 2.45) is 11.8 Å². The molecule has 2 rings (SSSR count). The van der Waals surface area contributed by atoms with Gasteiger partial charge < -0.3 is 5.32 Å². The Morgan fingerprint density at radius 2 is 2.15 bits per heavy atom. The largest absolute Gasteiger partial charge is 0.313 e. The molecule has 0 aliphatic heterocycles. The molecular formula is C17H30N2S. The zero-order valence-electron chi connectivity index (χ0n) is 13.3. The van der Waals surface area contributed by atoms with Crippen LogP contribution in [0, 0.1) is 18.8 Å². The molecule has 1 aliphatic rings. The van der Waals surface area contributed by atoms with Crippen LogP contribution in [0.15, 0.2) is 5.38 Å². The Morgan fingerprint density at radius 1 is 1.35 bits per heavy atom. The van der Waals surface area contributed by atoms with E-state index in [1.165, 1.54) is 49.2 Å². The Hall–Kier alpha value is -0.410. The second kappa shape index (κ2) is 8.14. The lowest BCUT2D eigenvalue weighted by Crippen LogP contribution is -2.43.